The van der Waals surface area contributed by atoms with Crippen molar-refractivity contribution in [3.05, 3.63) is 35.5 Å². The topological polar surface area (TPSA) is 125 Å². The number of methoxy groups -OCH3 is 1. The van der Waals surface area contributed by atoms with Crippen molar-refractivity contribution in [3.63, 3.8) is 0 Å². The molecule has 2 rings (SSSR count). The molecular formula is C23H30O9. The number of carbonyl (C=O) groups is 4. The third-order valence-electron chi connectivity index (χ3n) is 5.63. The van der Waals surface area contributed by atoms with Gasteiger partial charge < -0.3 is 24.1 Å². The molecular weight excluding hydrogens is 420 g/mol. The van der Waals surface area contributed by atoms with Crippen LogP contribution < -0.4 is 0 Å². The summed E-state index contributed by atoms with van der Waals surface area (Å²) < 4.78 is 21.5. The van der Waals surface area contributed by atoms with Gasteiger partial charge in [0.15, 0.2) is 12.2 Å². The van der Waals surface area contributed by atoms with Crippen LogP contribution in [0.3, 0.4) is 0 Å². The van der Waals surface area contributed by atoms with Crippen molar-refractivity contribution in [1.82, 2.24) is 0 Å². The van der Waals surface area contributed by atoms with Gasteiger partial charge in [0.05, 0.1) is 31.1 Å². The Morgan fingerprint density at radius 1 is 1.31 bits per heavy atom. The van der Waals surface area contributed by atoms with Crippen LogP contribution in [-0.4, -0.2) is 61.0 Å². The number of ether oxygens (including phenoxy) is 4. The summed E-state index contributed by atoms with van der Waals surface area (Å²) in [4.78, 5) is 49.7. The first-order chi connectivity index (χ1) is 15.1. The summed E-state index contributed by atoms with van der Waals surface area (Å²) in [5, 5.41) is 9.73. The highest BCUT2D eigenvalue weighted by molar-refractivity contribution is 5.92. The number of fused-ring (bicyclic) bond motifs is 1. The van der Waals surface area contributed by atoms with Gasteiger partial charge in [-0.1, -0.05) is 26.5 Å². The maximum atomic E-state index is 12.8. The lowest BCUT2D eigenvalue weighted by Gasteiger charge is -2.34. The van der Waals surface area contributed by atoms with Crippen molar-refractivity contribution < 1.29 is 43.2 Å². The number of allylic oxidation sites excluding steroid dienone is 1. The van der Waals surface area contributed by atoms with E-state index in [1.54, 1.807) is 13.0 Å². The van der Waals surface area contributed by atoms with E-state index in [0.717, 1.165) is 6.92 Å². The van der Waals surface area contributed by atoms with Crippen LogP contribution in [0.15, 0.2) is 35.5 Å². The van der Waals surface area contributed by atoms with Crippen molar-refractivity contribution >= 4 is 23.9 Å². The molecule has 0 aromatic heterocycles. The Hall–Kier alpha value is -2.94. The van der Waals surface area contributed by atoms with Gasteiger partial charge >= 0.3 is 23.9 Å². The van der Waals surface area contributed by atoms with Crippen LogP contribution in [0.2, 0.25) is 0 Å². The maximum Gasteiger partial charge on any atom is 0.337 e. The Labute approximate surface area is 187 Å². The fraction of sp³-hybridized carbons (Fsp3) is 0.565. The Morgan fingerprint density at radius 2 is 2.00 bits per heavy atom. The third kappa shape index (κ3) is 5.64. The highest BCUT2D eigenvalue weighted by atomic mass is 16.6. The number of aliphatic hydroxyl groups excluding tert-OH is 1. The van der Waals surface area contributed by atoms with Gasteiger partial charge in [-0.2, -0.15) is 0 Å². The van der Waals surface area contributed by atoms with Gasteiger partial charge in [0, 0.05) is 12.5 Å². The molecule has 0 aromatic carbocycles. The monoisotopic (exact) mass is 450 g/mol. The fourth-order valence-corrected chi connectivity index (χ4v) is 3.65. The zero-order valence-corrected chi connectivity index (χ0v) is 18.8. The summed E-state index contributed by atoms with van der Waals surface area (Å²) in [6.07, 6.45) is 0.686. The molecule has 1 N–H and O–H groups in total. The molecule has 0 amide bonds. The van der Waals surface area contributed by atoms with E-state index in [1.807, 2.05) is 6.92 Å². The predicted molar refractivity (Wildman–Crippen MR) is 112 cm³/mol. The van der Waals surface area contributed by atoms with Gasteiger partial charge in [0.2, 0.25) is 0 Å². The molecule has 32 heavy (non-hydrogen) atoms. The van der Waals surface area contributed by atoms with Gasteiger partial charge in [0.25, 0.3) is 0 Å². The average molecular weight is 450 g/mol. The van der Waals surface area contributed by atoms with E-state index in [4.69, 9.17) is 18.9 Å². The van der Waals surface area contributed by atoms with E-state index < -0.39 is 54.0 Å². The second kappa shape index (κ2) is 11.1. The van der Waals surface area contributed by atoms with E-state index in [2.05, 4.69) is 6.58 Å². The molecule has 0 radical (unpaired) electrons. The zero-order chi connectivity index (χ0) is 24.0. The van der Waals surface area contributed by atoms with Gasteiger partial charge in [-0.3, -0.25) is 9.59 Å². The van der Waals surface area contributed by atoms with Crippen LogP contribution in [0.25, 0.3) is 0 Å². The predicted octanol–water partition coefficient (Wildman–Crippen LogP) is 1.79. The zero-order valence-electron chi connectivity index (χ0n) is 18.8. The highest BCUT2D eigenvalue weighted by Gasteiger charge is 2.50. The first-order valence-corrected chi connectivity index (χ1v) is 10.5. The van der Waals surface area contributed by atoms with Crippen LogP contribution in [0.4, 0.5) is 0 Å². The molecule has 0 unspecified atom stereocenters. The van der Waals surface area contributed by atoms with Crippen LogP contribution in [0, 0.1) is 11.8 Å². The lowest BCUT2D eigenvalue weighted by atomic mass is 9.83. The molecule has 5 atom stereocenters. The molecule has 176 valence electrons. The Bertz CT molecular complexity index is 838. The van der Waals surface area contributed by atoms with Crippen molar-refractivity contribution in [3.8, 4) is 0 Å². The lowest BCUT2D eigenvalue weighted by Crippen LogP contribution is -2.46. The summed E-state index contributed by atoms with van der Waals surface area (Å²) >= 11 is 0. The number of esters is 4. The average Bonchev–Trinajstić information content (AvgIpc) is 3.04. The molecule has 0 aromatic rings. The fourth-order valence-electron chi connectivity index (χ4n) is 3.65. The van der Waals surface area contributed by atoms with Crippen LogP contribution in [0.1, 0.15) is 40.0 Å². The van der Waals surface area contributed by atoms with Gasteiger partial charge in [0.1, 0.15) is 6.10 Å². The molecule has 1 aliphatic heterocycles. The maximum absolute atomic E-state index is 12.8. The van der Waals surface area contributed by atoms with Crippen molar-refractivity contribution in [2.75, 3.05) is 13.7 Å². The molecule has 9 heteroatoms. The minimum atomic E-state index is -1.35. The second-order valence-electron chi connectivity index (χ2n) is 7.83. The normalized spacial score (nSPS) is 29.9. The summed E-state index contributed by atoms with van der Waals surface area (Å²) in [5.41, 5.74) is 0.545. The minimum absolute atomic E-state index is 0.00688. The first kappa shape index (κ1) is 25.3. The van der Waals surface area contributed by atoms with E-state index in [1.165, 1.54) is 13.2 Å². The largest absolute Gasteiger partial charge is 0.466 e. The van der Waals surface area contributed by atoms with E-state index >= 15 is 0 Å². The molecule has 2 aliphatic rings. The number of rotatable bonds is 6. The van der Waals surface area contributed by atoms with Gasteiger partial charge in [-0.15, -0.1) is 0 Å². The van der Waals surface area contributed by atoms with Gasteiger partial charge in [-0.05, 0) is 30.9 Å². The van der Waals surface area contributed by atoms with Crippen LogP contribution >= 0.6 is 0 Å². The Morgan fingerprint density at radius 3 is 2.56 bits per heavy atom. The molecule has 9 nitrogen and oxygen atoms in total. The Kier molecular flexibility index (Phi) is 8.77. The van der Waals surface area contributed by atoms with E-state index in [9.17, 15) is 24.3 Å². The van der Waals surface area contributed by atoms with Gasteiger partial charge in [-0.25, -0.2) is 9.59 Å². The summed E-state index contributed by atoms with van der Waals surface area (Å²) in [6.45, 7) is 8.14. The van der Waals surface area contributed by atoms with Crippen LogP contribution in [-0.2, 0) is 38.1 Å². The molecule has 1 heterocycles. The smallest absolute Gasteiger partial charge is 0.337 e. The molecule has 0 spiro atoms. The van der Waals surface area contributed by atoms with E-state index in [0.29, 0.717) is 24.8 Å². The number of hydrogen-bond donors (Lipinski definition) is 1. The Balaban J connectivity index is 2.70. The molecule has 1 aliphatic carbocycles. The van der Waals surface area contributed by atoms with Crippen LogP contribution in [0.5, 0.6) is 0 Å². The summed E-state index contributed by atoms with van der Waals surface area (Å²) in [6, 6.07) is 0. The van der Waals surface area contributed by atoms with Crippen molar-refractivity contribution in [1.29, 1.82) is 0 Å². The minimum Gasteiger partial charge on any atom is -0.466 e. The lowest BCUT2D eigenvalue weighted by molar-refractivity contribution is -0.173. The summed E-state index contributed by atoms with van der Waals surface area (Å²) in [7, 11) is 1.18. The van der Waals surface area contributed by atoms with E-state index in [-0.39, 0.29) is 17.8 Å². The first-order valence-electron chi connectivity index (χ1n) is 10.5. The summed E-state index contributed by atoms with van der Waals surface area (Å²) in [5.74, 6) is -4.22. The van der Waals surface area contributed by atoms with Crippen molar-refractivity contribution in [2.45, 2.75) is 58.3 Å². The molecule has 0 saturated carbocycles. The molecule has 1 fully saturated rings. The number of carbonyl (C=O) groups excluding carboxylic acids is 4. The second-order valence-corrected chi connectivity index (χ2v) is 7.83. The molecule has 1 saturated heterocycles. The quantitative estimate of drug-likeness (QED) is 0.279. The number of aliphatic hydroxyl groups is 1. The SMILES string of the molecule is C=C1C(=O)O[C@@H]2/C=C(/CO)CC/C=C(/C(=O)OC)[C@@H](OC(C)=O)[C@@H](OC(=O)[C@H](C)CC)[C@@H]12. The van der Waals surface area contributed by atoms with Crippen molar-refractivity contribution in [2.24, 2.45) is 11.8 Å². The third-order valence-corrected chi connectivity index (χ3v) is 5.63. The highest BCUT2D eigenvalue weighted by Crippen LogP contribution is 2.38. The molecule has 0 bridgehead atoms. The standard InChI is InChI=1S/C23H30O9/c1-6-12(2)21(26)32-20-18-13(3)22(27)31-17(18)10-15(11-24)8-7-9-16(23(28)29-5)19(20)30-14(4)25/h9-10,12,17-20,24H,3,6-8,11H2,1-2,4-5H3/b15-10+,16-9+/t12-,17-,18+,19-,20+/m1/s1. The number of hydrogen-bond acceptors (Lipinski definition) is 9.